The average molecular weight is 408 g/mol. The standard InChI is InChI=1S/C21H33N3O5/c1-12(11-25)24-16(18(27)23-13-7-5-4-6-8-13)21-10-9-20(2,29-21)14(17(26)22-3)15(21)19(24)28/h12-16,25H,4-11H2,1-3H3,(H,22,26)(H,23,27)/t12-,14+,15+,16?,20-,21?/m1/s1. The van der Waals surface area contributed by atoms with Crippen molar-refractivity contribution in [2.24, 2.45) is 11.8 Å². The molecule has 4 aliphatic rings. The van der Waals surface area contributed by atoms with E-state index in [1.807, 2.05) is 6.92 Å². The Morgan fingerprint density at radius 3 is 2.55 bits per heavy atom. The lowest BCUT2D eigenvalue weighted by atomic mass is 9.66. The lowest BCUT2D eigenvalue weighted by Crippen LogP contribution is -2.59. The van der Waals surface area contributed by atoms with Gasteiger partial charge >= 0.3 is 0 Å². The highest BCUT2D eigenvalue weighted by Crippen LogP contribution is 2.63. The van der Waals surface area contributed by atoms with Crippen LogP contribution < -0.4 is 10.6 Å². The Morgan fingerprint density at radius 1 is 1.24 bits per heavy atom. The number of likely N-dealkylation sites (tertiary alicyclic amines) is 1. The van der Waals surface area contributed by atoms with Gasteiger partial charge in [-0.05, 0) is 39.5 Å². The number of hydrogen-bond donors (Lipinski definition) is 3. The highest BCUT2D eigenvalue weighted by atomic mass is 16.5. The summed E-state index contributed by atoms with van der Waals surface area (Å²) in [6.07, 6.45) is 6.44. The number of amides is 3. The molecule has 1 saturated carbocycles. The van der Waals surface area contributed by atoms with Crippen LogP contribution in [0.4, 0.5) is 0 Å². The average Bonchev–Trinajstić information content (AvgIpc) is 3.28. The van der Waals surface area contributed by atoms with E-state index >= 15 is 0 Å². The van der Waals surface area contributed by atoms with E-state index in [9.17, 15) is 19.5 Å². The number of hydrogen-bond acceptors (Lipinski definition) is 5. The molecule has 3 aliphatic heterocycles. The van der Waals surface area contributed by atoms with Crippen LogP contribution in [0.5, 0.6) is 0 Å². The molecule has 162 valence electrons. The van der Waals surface area contributed by atoms with E-state index in [1.54, 1.807) is 14.0 Å². The maximum absolute atomic E-state index is 13.5. The Kier molecular flexibility index (Phi) is 5.14. The maximum atomic E-state index is 13.5. The Labute approximate surface area is 171 Å². The summed E-state index contributed by atoms with van der Waals surface area (Å²) in [5, 5.41) is 15.6. The third-order valence-corrected chi connectivity index (χ3v) is 7.68. The second-order valence-corrected chi connectivity index (χ2v) is 9.46. The molecule has 0 aromatic rings. The molecule has 3 heterocycles. The first kappa shape index (κ1) is 20.6. The first-order valence-corrected chi connectivity index (χ1v) is 10.9. The third-order valence-electron chi connectivity index (χ3n) is 7.68. The van der Waals surface area contributed by atoms with Gasteiger partial charge in [0.25, 0.3) is 0 Å². The molecule has 8 nitrogen and oxygen atoms in total. The van der Waals surface area contributed by atoms with Crippen LogP contribution in [0.1, 0.15) is 58.8 Å². The summed E-state index contributed by atoms with van der Waals surface area (Å²) in [5.41, 5.74) is -1.76. The lowest BCUT2D eigenvalue weighted by molar-refractivity contribution is -0.149. The molecule has 0 aromatic heterocycles. The molecular formula is C21H33N3O5. The number of carbonyl (C=O) groups is 3. The highest BCUT2D eigenvalue weighted by molar-refractivity contribution is 5.99. The number of carbonyl (C=O) groups excluding carboxylic acids is 3. The molecule has 2 bridgehead atoms. The number of aliphatic hydroxyl groups is 1. The van der Waals surface area contributed by atoms with E-state index in [1.165, 1.54) is 11.3 Å². The number of aliphatic hydroxyl groups excluding tert-OH is 1. The summed E-state index contributed by atoms with van der Waals surface area (Å²) in [7, 11) is 1.56. The zero-order valence-electron chi connectivity index (χ0n) is 17.6. The van der Waals surface area contributed by atoms with Crippen molar-refractivity contribution in [3.63, 3.8) is 0 Å². The molecule has 3 N–H and O–H groups in total. The van der Waals surface area contributed by atoms with Crippen LogP contribution in [-0.4, -0.2) is 70.7 Å². The van der Waals surface area contributed by atoms with Crippen LogP contribution in [0.2, 0.25) is 0 Å². The first-order chi connectivity index (χ1) is 13.8. The molecule has 3 amide bonds. The molecule has 6 atom stereocenters. The zero-order chi connectivity index (χ0) is 21.0. The van der Waals surface area contributed by atoms with Crippen molar-refractivity contribution >= 4 is 17.7 Å². The topological polar surface area (TPSA) is 108 Å². The normalized spacial score (nSPS) is 40.1. The summed E-state index contributed by atoms with van der Waals surface area (Å²) in [5.74, 6) is -2.02. The monoisotopic (exact) mass is 407 g/mol. The first-order valence-electron chi connectivity index (χ1n) is 10.9. The minimum Gasteiger partial charge on any atom is -0.394 e. The second-order valence-electron chi connectivity index (χ2n) is 9.46. The lowest BCUT2D eigenvalue weighted by Gasteiger charge is -2.37. The molecule has 0 aromatic carbocycles. The van der Waals surface area contributed by atoms with Crippen molar-refractivity contribution in [3.8, 4) is 0 Å². The number of nitrogens with one attached hydrogen (secondary N) is 2. The SMILES string of the molecule is CNC(=O)[C@@H]1[C@H]2C(=O)N([C@H](C)CO)C(C(=O)NC3CCCCC3)C23CC[C@@]1(C)O3. The van der Waals surface area contributed by atoms with Gasteiger partial charge in [0, 0.05) is 13.1 Å². The summed E-state index contributed by atoms with van der Waals surface area (Å²) in [4.78, 5) is 41.2. The van der Waals surface area contributed by atoms with Gasteiger partial charge in [-0.1, -0.05) is 19.3 Å². The number of ether oxygens (including phenoxy) is 1. The Morgan fingerprint density at radius 2 is 1.93 bits per heavy atom. The predicted molar refractivity (Wildman–Crippen MR) is 105 cm³/mol. The van der Waals surface area contributed by atoms with Gasteiger partial charge in [0.05, 0.1) is 30.1 Å². The molecule has 0 radical (unpaired) electrons. The molecular weight excluding hydrogens is 374 g/mol. The third kappa shape index (κ3) is 2.90. The largest absolute Gasteiger partial charge is 0.394 e. The van der Waals surface area contributed by atoms with Crippen molar-refractivity contribution in [2.45, 2.75) is 88.1 Å². The summed E-state index contributed by atoms with van der Waals surface area (Å²) < 4.78 is 6.46. The molecule has 3 saturated heterocycles. The van der Waals surface area contributed by atoms with Gasteiger partial charge in [-0.15, -0.1) is 0 Å². The van der Waals surface area contributed by atoms with E-state index in [2.05, 4.69) is 10.6 Å². The van der Waals surface area contributed by atoms with Gasteiger partial charge < -0.3 is 25.4 Å². The van der Waals surface area contributed by atoms with Crippen molar-refractivity contribution in [3.05, 3.63) is 0 Å². The number of fused-ring (bicyclic) bond motifs is 1. The highest BCUT2D eigenvalue weighted by Gasteiger charge is 2.78. The predicted octanol–water partition coefficient (Wildman–Crippen LogP) is 0.327. The van der Waals surface area contributed by atoms with E-state index in [0.29, 0.717) is 12.8 Å². The van der Waals surface area contributed by atoms with Crippen LogP contribution in [0.25, 0.3) is 0 Å². The smallest absolute Gasteiger partial charge is 0.246 e. The Bertz CT molecular complexity index is 708. The maximum Gasteiger partial charge on any atom is 0.246 e. The van der Waals surface area contributed by atoms with Crippen LogP contribution in [-0.2, 0) is 19.1 Å². The molecule has 8 heteroatoms. The number of rotatable bonds is 5. The quantitative estimate of drug-likeness (QED) is 0.609. The molecule has 29 heavy (non-hydrogen) atoms. The molecule has 1 aliphatic carbocycles. The van der Waals surface area contributed by atoms with E-state index < -0.39 is 35.1 Å². The van der Waals surface area contributed by atoms with Gasteiger partial charge in [-0.25, -0.2) is 0 Å². The van der Waals surface area contributed by atoms with Crippen LogP contribution in [0.15, 0.2) is 0 Å². The zero-order valence-corrected chi connectivity index (χ0v) is 17.6. The Balaban J connectivity index is 1.71. The van der Waals surface area contributed by atoms with Crippen molar-refractivity contribution in [1.82, 2.24) is 15.5 Å². The van der Waals surface area contributed by atoms with E-state index in [4.69, 9.17) is 4.74 Å². The van der Waals surface area contributed by atoms with E-state index in [0.717, 1.165) is 25.7 Å². The minimum absolute atomic E-state index is 0.108. The van der Waals surface area contributed by atoms with Crippen LogP contribution in [0, 0.1) is 11.8 Å². The van der Waals surface area contributed by atoms with Crippen molar-refractivity contribution in [2.75, 3.05) is 13.7 Å². The molecule has 4 rings (SSSR count). The second kappa shape index (κ2) is 7.23. The molecule has 4 fully saturated rings. The summed E-state index contributed by atoms with van der Waals surface area (Å²) in [6.45, 7) is 3.37. The summed E-state index contributed by atoms with van der Waals surface area (Å²) in [6, 6.07) is -1.23. The van der Waals surface area contributed by atoms with Gasteiger partial charge in [-0.2, -0.15) is 0 Å². The van der Waals surface area contributed by atoms with Crippen LogP contribution in [0.3, 0.4) is 0 Å². The summed E-state index contributed by atoms with van der Waals surface area (Å²) >= 11 is 0. The van der Waals surface area contributed by atoms with Gasteiger partial charge in [0.1, 0.15) is 11.6 Å². The fraction of sp³-hybridized carbons (Fsp3) is 0.857. The van der Waals surface area contributed by atoms with Gasteiger partial charge in [0.2, 0.25) is 17.7 Å². The molecule has 2 unspecified atom stereocenters. The Hall–Kier alpha value is -1.67. The fourth-order valence-corrected chi connectivity index (χ4v) is 6.31. The van der Waals surface area contributed by atoms with Crippen molar-refractivity contribution in [1.29, 1.82) is 0 Å². The molecule has 1 spiro atoms. The van der Waals surface area contributed by atoms with E-state index in [-0.39, 0.29) is 30.4 Å². The number of nitrogens with zero attached hydrogens (tertiary/aromatic N) is 1. The fourth-order valence-electron chi connectivity index (χ4n) is 6.31. The van der Waals surface area contributed by atoms with Crippen molar-refractivity contribution < 1.29 is 24.2 Å². The minimum atomic E-state index is -1.01. The van der Waals surface area contributed by atoms with Gasteiger partial charge in [0.15, 0.2) is 0 Å². The van der Waals surface area contributed by atoms with Crippen LogP contribution >= 0.6 is 0 Å². The van der Waals surface area contributed by atoms with Gasteiger partial charge in [-0.3, -0.25) is 14.4 Å².